The molecular weight excluding hydrogens is 387 g/mol. The summed E-state index contributed by atoms with van der Waals surface area (Å²) in [5, 5.41) is 14.0. The molecule has 0 aliphatic carbocycles. The van der Waals surface area contributed by atoms with Gasteiger partial charge in [-0.1, -0.05) is 24.3 Å². The molecule has 2 aromatic carbocycles. The molecule has 1 atom stereocenters. The summed E-state index contributed by atoms with van der Waals surface area (Å²) >= 11 is 0. The van der Waals surface area contributed by atoms with Crippen LogP contribution in [0.3, 0.4) is 0 Å². The normalized spacial score (nSPS) is 11.8. The second kappa shape index (κ2) is 10.2. The fourth-order valence-corrected chi connectivity index (χ4v) is 2.39. The molecule has 29 heavy (non-hydrogen) atoms. The first kappa shape index (κ1) is 21.9. The van der Waals surface area contributed by atoms with Gasteiger partial charge in [0.05, 0.1) is 6.04 Å². The number of nitriles is 1. The highest BCUT2D eigenvalue weighted by atomic mass is 19.4. The number of nitrogens with zero attached hydrogens (tertiary/aromatic N) is 1. The van der Waals surface area contributed by atoms with Gasteiger partial charge in [0.15, 0.2) is 13.2 Å². The highest BCUT2D eigenvalue weighted by molar-refractivity contribution is 5.74. The molecule has 0 spiro atoms. The van der Waals surface area contributed by atoms with Crippen molar-refractivity contribution in [2.75, 3.05) is 13.2 Å². The molecule has 0 aliphatic rings. The van der Waals surface area contributed by atoms with E-state index >= 15 is 0 Å². The van der Waals surface area contributed by atoms with Gasteiger partial charge in [0.1, 0.15) is 17.6 Å². The van der Waals surface area contributed by atoms with Gasteiger partial charge in [0, 0.05) is 6.54 Å². The third-order valence-electron chi connectivity index (χ3n) is 3.79. The van der Waals surface area contributed by atoms with Crippen molar-refractivity contribution in [3.8, 4) is 17.6 Å². The number of amides is 2. The molecule has 2 rings (SSSR count). The Morgan fingerprint density at radius 1 is 1.14 bits per heavy atom. The smallest absolute Gasteiger partial charge is 0.422 e. The molecule has 0 aliphatic heterocycles. The van der Waals surface area contributed by atoms with E-state index in [9.17, 15) is 18.0 Å². The van der Waals surface area contributed by atoms with E-state index in [0.717, 1.165) is 5.56 Å². The van der Waals surface area contributed by atoms with E-state index in [2.05, 4.69) is 15.4 Å². The Balaban J connectivity index is 1.82. The number of ether oxygens (including phenoxy) is 2. The molecule has 2 amide bonds. The number of carbonyl (C=O) groups is 1. The zero-order valence-electron chi connectivity index (χ0n) is 15.6. The highest BCUT2D eigenvalue weighted by Crippen LogP contribution is 2.21. The van der Waals surface area contributed by atoms with Gasteiger partial charge in [-0.2, -0.15) is 18.4 Å². The zero-order valence-corrected chi connectivity index (χ0v) is 15.6. The number of hydrogen-bond donors (Lipinski definition) is 2. The van der Waals surface area contributed by atoms with Crippen LogP contribution in [0.15, 0.2) is 48.5 Å². The van der Waals surface area contributed by atoms with Gasteiger partial charge < -0.3 is 20.1 Å². The number of urea groups is 1. The second-order valence-corrected chi connectivity index (χ2v) is 6.12. The van der Waals surface area contributed by atoms with Crippen molar-refractivity contribution >= 4 is 6.03 Å². The highest BCUT2D eigenvalue weighted by Gasteiger charge is 2.28. The summed E-state index contributed by atoms with van der Waals surface area (Å²) in [4.78, 5) is 12.1. The number of nitrogens with one attached hydrogen (secondary N) is 2. The summed E-state index contributed by atoms with van der Waals surface area (Å²) in [5.41, 5.74) is 1.51. The molecule has 154 valence electrons. The van der Waals surface area contributed by atoms with E-state index in [1.807, 2.05) is 12.1 Å². The summed E-state index contributed by atoms with van der Waals surface area (Å²) in [7, 11) is 0. The molecule has 1 unspecified atom stereocenters. The minimum absolute atomic E-state index is 0.0606. The second-order valence-electron chi connectivity index (χ2n) is 6.12. The maximum absolute atomic E-state index is 12.2. The van der Waals surface area contributed by atoms with Gasteiger partial charge in [0.2, 0.25) is 0 Å². The lowest BCUT2D eigenvalue weighted by molar-refractivity contribution is -0.153. The van der Waals surface area contributed by atoms with Gasteiger partial charge in [0.25, 0.3) is 0 Å². The van der Waals surface area contributed by atoms with Crippen LogP contribution in [0, 0.1) is 11.3 Å². The van der Waals surface area contributed by atoms with Crippen molar-refractivity contribution in [3.05, 3.63) is 59.7 Å². The topological polar surface area (TPSA) is 83.4 Å². The van der Waals surface area contributed by atoms with Crippen molar-refractivity contribution in [3.63, 3.8) is 0 Å². The first-order valence-electron chi connectivity index (χ1n) is 8.69. The van der Waals surface area contributed by atoms with Crippen LogP contribution in [-0.2, 0) is 6.54 Å². The number of benzene rings is 2. The largest absolute Gasteiger partial charge is 0.484 e. The fraction of sp³-hybridized carbons (Fsp3) is 0.300. The Kier molecular flexibility index (Phi) is 7.71. The predicted octanol–water partition coefficient (Wildman–Crippen LogP) is 4.09. The van der Waals surface area contributed by atoms with Crippen molar-refractivity contribution in [1.29, 1.82) is 5.26 Å². The first-order chi connectivity index (χ1) is 13.8. The van der Waals surface area contributed by atoms with E-state index in [0.29, 0.717) is 11.3 Å². The average molecular weight is 407 g/mol. The first-order valence-corrected chi connectivity index (χ1v) is 8.69. The van der Waals surface area contributed by atoms with Gasteiger partial charge >= 0.3 is 12.2 Å². The van der Waals surface area contributed by atoms with Crippen LogP contribution < -0.4 is 20.1 Å². The summed E-state index contributed by atoms with van der Waals surface area (Å²) in [6.07, 6.45) is -4.40. The van der Waals surface area contributed by atoms with E-state index in [1.54, 1.807) is 37.3 Å². The van der Waals surface area contributed by atoms with Gasteiger partial charge in [-0.15, -0.1) is 0 Å². The van der Waals surface area contributed by atoms with Crippen LogP contribution in [0.1, 0.15) is 24.1 Å². The van der Waals surface area contributed by atoms with Gasteiger partial charge in [-0.25, -0.2) is 4.79 Å². The van der Waals surface area contributed by atoms with Crippen molar-refractivity contribution < 1.29 is 27.4 Å². The third kappa shape index (κ3) is 8.01. The van der Waals surface area contributed by atoms with Crippen LogP contribution >= 0.6 is 0 Å². The van der Waals surface area contributed by atoms with Crippen LogP contribution in [-0.4, -0.2) is 25.4 Å². The number of carbonyl (C=O) groups excluding carboxylic acids is 1. The van der Waals surface area contributed by atoms with Crippen molar-refractivity contribution in [2.45, 2.75) is 25.7 Å². The minimum atomic E-state index is -4.40. The number of halogens is 3. The molecule has 6 nitrogen and oxygen atoms in total. The van der Waals surface area contributed by atoms with E-state index in [1.165, 1.54) is 12.1 Å². The summed E-state index contributed by atoms with van der Waals surface area (Å²) < 4.78 is 46.4. The molecule has 0 aromatic heterocycles. The molecule has 0 heterocycles. The molecule has 9 heteroatoms. The van der Waals surface area contributed by atoms with Crippen LogP contribution in [0.25, 0.3) is 0 Å². The Hall–Kier alpha value is -3.41. The third-order valence-corrected chi connectivity index (χ3v) is 3.79. The molecule has 0 bridgehead atoms. The van der Waals surface area contributed by atoms with Gasteiger partial charge in [-0.05, 0) is 42.3 Å². The number of hydrogen-bond acceptors (Lipinski definition) is 4. The summed E-state index contributed by atoms with van der Waals surface area (Å²) in [5.74, 6) is 0.633. The van der Waals surface area contributed by atoms with Crippen molar-refractivity contribution in [2.24, 2.45) is 0 Å². The fourth-order valence-electron chi connectivity index (χ4n) is 2.39. The van der Waals surface area contributed by atoms with Crippen LogP contribution in [0.2, 0.25) is 0 Å². The molecule has 0 radical (unpaired) electrons. The summed E-state index contributed by atoms with van der Waals surface area (Å²) in [6.45, 7) is 0.592. The average Bonchev–Trinajstić information content (AvgIpc) is 2.69. The minimum Gasteiger partial charge on any atom is -0.484 e. The van der Waals surface area contributed by atoms with Crippen LogP contribution in [0.5, 0.6) is 11.5 Å². The summed E-state index contributed by atoms with van der Waals surface area (Å²) in [6, 6.07) is 14.1. The molecule has 2 aromatic rings. The molecule has 0 saturated heterocycles. The van der Waals surface area contributed by atoms with Crippen LogP contribution in [0.4, 0.5) is 18.0 Å². The van der Waals surface area contributed by atoms with E-state index < -0.39 is 18.8 Å². The Morgan fingerprint density at radius 3 is 2.52 bits per heavy atom. The number of alkyl halides is 3. The zero-order chi connectivity index (χ0) is 21.3. The van der Waals surface area contributed by atoms with Gasteiger partial charge in [-0.3, -0.25) is 0 Å². The van der Waals surface area contributed by atoms with E-state index in [4.69, 9.17) is 10.00 Å². The molecule has 0 saturated carbocycles. The van der Waals surface area contributed by atoms with E-state index in [-0.39, 0.29) is 24.9 Å². The number of rotatable bonds is 8. The standard InChI is InChI=1S/C20H20F3N3O3/c1-14(16-5-7-17(8-6-16)29-13-20(21,22)23)26-19(27)25-12-15-3-2-4-18(11-15)28-10-9-24/h2-8,11,14H,10,12-13H2,1H3,(H2,25,26,27). The predicted molar refractivity (Wildman–Crippen MR) is 99.3 cm³/mol. The molecular formula is C20H20F3N3O3. The Morgan fingerprint density at radius 2 is 1.86 bits per heavy atom. The molecule has 0 fully saturated rings. The lowest BCUT2D eigenvalue weighted by Gasteiger charge is -2.16. The maximum atomic E-state index is 12.2. The lowest BCUT2D eigenvalue weighted by atomic mass is 10.1. The molecule has 2 N–H and O–H groups in total. The quantitative estimate of drug-likeness (QED) is 0.691. The Labute approximate surface area is 166 Å². The SMILES string of the molecule is CC(NC(=O)NCc1cccc(OCC#N)c1)c1ccc(OCC(F)(F)F)cc1. The monoisotopic (exact) mass is 407 g/mol. The lowest BCUT2D eigenvalue weighted by Crippen LogP contribution is -2.36. The maximum Gasteiger partial charge on any atom is 0.422 e. The Bertz CT molecular complexity index is 849. The van der Waals surface area contributed by atoms with Crippen molar-refractivity contribution in [1.82, 2.24) is 10.6 Å².